The molecule has 3 heteroatoms. The highest BCUT2D eigenvalue weighted by Gasteiger charge is 2.34. The van der Waals surface area contributed by atoms with Crippen molar-refractivity contribution < 1.29 is 9.53 Å². The minimum Gasteiger partial charge on any atom is -0.378 e. The lowest BCUT2D eigenvalue weighted by molar-refractivity contribution is -0.0206. The number of carbonyl (C=O) groups is 1. The molecule has 0 spiro atoms. The number of aryl methyl sites for hydroxylation is 1. The van der Waals surface area contributed by atoms with Crippen LogP contribution in [0.5, 0.6) is 0 Å². The van der Waals surface area contributed by atoms with Crippen LogP contribution in [0.4, 0.5) is 0 Å². The second-order valence-electron chi connectivity index (χ2n) is 5.50. The summed E-state index contributed by atoms with van der Waals surface area (Å²) in [6.45, 7) is 4.98. The standard InChI is InChI=1S/C15H21NO2/c1-3-18-12-8-11(9-12)16-10(2)7-13-14(16)5-4-6-15(13)17/h7,11-12H,3-6,8-9H2,1-2H3. The van der Waals surface area contributed by atoms with Gasteiger partial charge >= 0.3 is 0 Å². The van der Waals surface area contributed by atoms with Crippen LogP contribution in [-0.4, -0.2) is 23.1 Å². The lowest BCUT2D eigenvalue weighted by atomic mass is 9.88. The highest BCUT2D eigenvalue weighted by molar-refractivity contribution is 5.98. The molecule has 18 heavy (non-hydrogen) atoms. The van der Waals surface area contributed by atoms with Gasteiger partial charge in [-0.2, -0.15) is 0 Å². The molecular formula is C15H21NO2. The zero-order chi connectivity index (χ0) is 12.7. The normalized spacial score (nSPS) is 26.9. The molecule has 1 saturated carbocycles. The van der Waals surface area contributed by atoms with Crippen molar-refractivity contribution in [3.8, 4) is 0 Å². The molecule has 0 aliphatic heterocycles. The summed E-state index contributed by atoms with van der Waals surface area (Å²) in [4.78, 5) is 11.9. The first-order valence-corrected chi connectivity index (χ1v) is 7.06. The largest absolute Gasteiger partial charge is 0.378 e. The SMILES string of the molecule is CCOC1CC(n2c(C)cc3c2CCCC3=O)C1. The van der Waals surface area contributed by atoms with E-state index in [0.29, 0.717) is 17.9 Å². The molecule has 0 saturated heterocycles. The van der Waals surface area contributed by atoms with Crippen molar-refractivity contribution in [2.75, 3.05) is 6.61 Å². The molecule has 2 aliphatic rings. The number of aromatic nitrogens is 1. The number of carbonyl (C=O) groups excluding carboxylic acids is 1. The maximum Gasteiger partial charge on any atom is 0.164 e. The quantitative estimate of drug-likeness (QED) is 0.822. The number of ketones is 1. The summed E-state index contributed by atoms with van der Waals surface area (Å²) >= 11 is 0. The molecule has 2 aliphatic carbocycles. The van der Waals surface area contributed by atoms with Gasteiger partial charge in [0.1, 0.15) is 0 Å². The molecule has 1 fully saturated rings. The third-order valence-electron chi connectivity index (χ3n) is 4.29. The van der Waals surface area contributed by atoms with E-state index < -0.39 is 0 Å². The fourth-order valence-electron chi connectivity index (χ4n) is 3.38. The number of rotatable bonds is 3. The van der Waals surface area contributed by atoms with Gasteiger partial charge in [-0.25, -0.2) is 0 Å². The van der Waals surface area contributed by atoms with Gasteiger partial charge in [0.2, 0.25) is 0 Å². The van der Waals surface area contributed by atoms with Crippen LogP contribution in [0.1, 0.15) is 60.4 Å². The van der Waals surface area contributed by atoms with E-state index in [1.165, 1.54) is 11.4 Å². The number of hydrogen-bond acceptors (Lipinski definition) is 2. The minimum atomic E-state index is 0.332. The molecular weight excluding hydrogens is 226 g/mol. The number of hydrogen-bond donors (Lipinski definition) is 0. The van der Waals surface area contributed by atoms with Gasteiger partial charge in [0.15, 0.2) is 5.78 Å². The fraction of sp³-hybridized carbons (Fsp3) is 0.667. The second-order valence-corrected chi connectivity index (χ2v) is 5.50. The van der Waals surface area contributed by atoms with Crippen LogP contribution in [0.3, 0.4) is 0 Å². The summed E-state index contributed by atoms with van der Waals surface area (Å²) < 4.78 is 8.04. The number of Topliss-reactive ketones (excluding diaryl/α,β-unsaturated/α-hetero) is 1. The molecule has 98 valence electrons. The van der Waals surface area contributed by atoms with Gasteiger partial charge in [0.05, 0.1) is 6.10 Å². The molecule has 0 N–H and O–H groups in total. The third kappa shape index (κ3) is 1.81. The third-order valence-corrected chi connectivity index (χ3v) is 4.29. The summed E-state index contributed by atoms with van der Waals surface area (Å²) in [6.07, 6.45) is 5.43. The molecule has 1 aromatic rings. The Morgan fingerprint density at radius 1 is 1.39 bits per heavy atom. The minimum absolute atomic E-state index is 0.332. The van der Waals surface area contributed by atoms with E-state index in [-0.39, 0.29) is 0 Å². The van der Waals surface area contributed by atoms with Crippen LogP contribution >= 0.6 is 0 Å². The van der Waals surface area contributed by atoms with Crippen molar-refractivity contribution in [2.24, 2.45) is 0 Å². The lowest BCUT2D eigenvalue weighted by Crippen LogP contribution is -2.35. The van der Waals surface area contributed by atoms with E-state index in [1.54, 1.807) is 0 Å². The van der Waals surface area contributed by atoms with E-state index >= 15 is 0 Å². The summed E-state index contributed by atoms with van der Waals surface area (Å²) in [5.41, 5.74) is 3.51. The lowest BCUT2D eigenvalue weighted by Gasteiger charge is -2.38. The molecule has 0 bridgehead atoms. The Morgan fingerprint density at radius 3 is 2.89 bits per heavy atom. The van der Waals surface area contributed by atoms with Gasteiger partial charge < -0.3 is 9.30 Å². The Morgan fingerprint density at radius 2 is 2.17 bits per heavy atom. The Bertz CT molecular complexity index is 469. The van der Waals surface area contributed by atoms with Crippen LogP contribution in [0.15, 0.2) is 6.07 Å². The monoisotopic (exact) mass is 247 g/mol. The van der Waals surface area contributed by atoms with Crippen molar-refractivity contribution in [3.63, 3.8) is 0 Å². The maximum absolute atomic E-state index is 11.9. The molecule has 3 nitrogen and oxygen atoms in total. The van der Waals surface area contributed by atoms with Crippen molar-refractivity contribution >= 4 is 5.78 Å². The molecule has 0 atom stereocenters. The summed E-state index contributed by atoms with van der Waals surface area (Å²) in [7, 11) is 0. The average Bonchev–Trinajstić information content (AvgIpc) is 2.62. The first-order valence-electron chi connectivity index (χ1n) is 7.06. The molecule has 0 amide bonds. The second kappa shape index (κ2) is 4.54. The average molecular weight is 247 g/mol. The van der Waals surface area contributed by atoms with Gasteiger partial charge in [-0.15, -0.1) is 0 Å². The summed E-state index contributed by atoms with van der Waals surface area (Å²) in [5, 5.41) is 0. The van der Waals surface area contributed by atoms with Crippen LogP contribution < -0.4 is 0 Å². The molecule has 1 aromatic heterocycles. The predicted octanol–water partition coefficient (Wildman–Crippen LogP) is 3.06. The van der Waals surface area contributed by atoms with Crippen LogP contribution in [0.2, 0.25) is 0 Å². The number of nitrogens with zero attached hydrogens (tertiary/aromatic N) is 1. The fourth-order valence-corrected chi connectivity index (χ4v) is 3.38. The first kappa shape index (κ1) is 12.0. The number of fused-ring (bicyclic) bond motifs is 1. The Balaban J connectivity index is 1.83. The topological polar surface area (TPSA) is 31.2 Å². The maximum atomic E-state index is 11.9. The highest BCUT2D eigenvalue weighted by atomic mass is 16.5. The van der Waals surface area contributed by atoms with Crippen molar-refractivity contribution in [3.05, 3.63) is 23.0 Å². The first-order chi connectivity index (χ1) is 8.70. The van der Waals surface area contributed by atoms with Gasteiger partial charge in [-0.3, -0.25) is 4.79 Å². The van der Waals surface area contributed by atoms with Gasteiger partial charge in [-0.1, -0.05) is 0 Å². The van der Waals surface area contributed by atoms with Crippen LogP contribution in [0.25, 0.3) is 0 Å². The van der Waals surface area contributed by atoms with Crippen LogP contribution in [-0.2, 0) is 11.2 Å². The Kier molecular flexibility index (Phi) is 3.02. The number of ether oxygens (including phenoxy) is 1. The van der Waals surface area contributed by atoms with Gasteiger partial charge in [-0.05, 0) is 45.6 Å². The van der Waals surface area contributed by atoms with E-state index in [2.05, 4.69) is 24.5 Å². The van der Waals surface area contributed by atoms with Gasteiger partial charge in [0, 0.05) is 36.0 Å². The van der Waals surface area contributed by atoms with E-state index in [0.717, 1.165) is 44.3 Å². The highest BCUT2D eigenvalue weighted by Crippen LogP contribution is 2.39. The van der Waals surface area contributed by atoms with Crippen molar-refractivity contribution in [1.82, 2.24) is 4.57 Å². The molecule has 3 rings (SSSR count). The van der Waals surface area contributed by atoms with Crippen LogP contribution in [0, 0.1) is 6.92 Å². The molecule has 0 radical (unpaired) electrons. The van der Waals surface area contributed by atoms with Crippen molar-refractivity contribution in [1.29, 1.82) is 0 Å². The summed E-state index contributed by atoms with van der Waals surface area (Å²) in [6, 6.07) is 2.64. The predicted molar refractivity (Wildman–Crippen MR) is 70.1 cm³/mol. The van der Waals surface area contributed by atoms with E-state index in [9.17, 15) is 4.79 Å². The Hall–Kier alpha value is -1.09. The van der Waals surface area contributed by atoms with Gasteiger partial charge in [0.25, 0.3) is 0 Å². The summed E-state index contributed by atoms with van der Waals surface area (Å²) in [5.74, 6) is 0.332. The molecule has 0 aromatic carbocycles. The zero-order valence-corrected chi connectivity index (χ0v) is 11.2. The van der Waals surface area contributed by atoms with Crippen molar-refractivity contribution in [2.45, 2.75) is 58.1 Å². The van der Waals surface area contributed by atoms with E-state index in [4.69, 9.17) is 4.74 Å². The Labute approximate surface area is 108 Å². The smallest absolute Gasteiger partial charge is 0.164 e. The molecule has 1 heterocycles. The molecule has 0 unspecified atom stereocenters. The van der Waals surface area contributed by atoms with E-state index in [1.807, 2.05) is 0 Å². The zero-order valence-electron chi connectivity index (χ0n) is 11.2.